The van der Waals surface area contributed by atoms with E-state index in [9.17, 15) is 4.79 Å². The van der Waals surface area contributed by atoms with Crippen molar-refractivity contribution in [3.05, 3.63) is 70.9 Å². The second-order valence-corrected chi connectivity index (χ2v) is 8.89. The lowest BCUT2D eigenvalue weighted by Crippen LogP contribution is -2.26. The molecule has 27 heavy (non-hydrogen) atoms. The predicted molar refractivity (Wildman–Crippen MR) is 112 cm³/mol. The zero-order valence-corrected chi connectivity index (χ0v) is 16.5. The summed E-state index contributed by atoms with van der Waals surface area (Å²) in [6.07, 6.45) is 5.99. The van der Waals surface area contributed by atoms with Crippen molar-refractivity contribution in [1.82, 2.24) is 0 Å². The highest BCUT2D eigenvalue weighted by Crippen LogP contribution is 2.65. The summed E-state index contributed by atoms with van der Waals surface area (Å²) in [5, 5.41) is 0.618. The third-order valence-electron chi connectivity index (χ3n) is 7.36. The number of para-hydroxylation sites is 1. The summed E-state index contributed by atoms with van der Waals surface area (Å²) in [7, 11) is 0. The summed E-state index contributed by atoms with van der Waals surface area (Å²) < 4.78 is 5.73. The van der Waals surface area contributed by atoms with Crippen molar-refractivity contribution in [2.24, 2.45) is 16.7 Å². The van der Waals surface area contributed by atoms with Crippen molar-refractivity contribution in [1.29, 1.82) is 0 Å². The summed E-state index contributed by atoms with van der Waals surface area (Å²) in [4.78, 5) is 11.9. The Morgan fingerprint density at radius 2 is 1.52 bits per heavy atom. The molecule has 0 aliphatic heterocycles. The second kappa shape index (κ2) is 6.67. The Bertz CT molecular complexity index is 987. The largest absolute Gasteiger partial charge is 0.456 e. The van der Waals surface area contributed by atoms with Gasteiger partial charge in [-0.25, -0.2) is 0 Å². The normalized spacial score (nSPS) is 25.2. The van der Waals surface area contributed by atoms with Crippen molar-refractivity contribution in [2.45, 2.75) is 46.5 Å². The van der Waals surface area contributed by atoms with Crippen LogP contribution in [0.15, 0.2) is 69.9 Å². The van der Waals surface area contributed by atoms with Gasteiger partial charge >= 0.3 is 0 Å². The molecule has 3 aromatic rings. The van der Waals surface area contributed by atoms with Crippen LogP contribution in [0.2, 0.25) is 0 Å². The van der Waals surface area contributed by atoms with Crippen LogP contribution in [0.1, 0.15) is 46.5 Å². The van der Waals surface area contributed by atoms with E-state index >= 15 is 0 Å². The lowest BCUT2D eigenvalue weighted by molar-refractivity contribution is 0.152. The molecule has 0 spiro atoms. The standard InChI is InChI=1S/C15H10O2.C10H18/c16-13-10-15(11-6-2-1-3-7-11)17-14-9-5-4-8-12(13)14;1-9(2)8-4-6-10(9,3)7-5-8/h1-10H;8H,4-7H2,1-3H3. The molecule has 2 aliphatic carbocycles. The summed E-state index contributed by atoms with van der Waals surface area (Å²) in [5.41, 5.74) is 2.89. The van der Waals surface area contributed by atoms with Crippen molar-refractivity contribution in [3.63, 3.8) is 0 Å². The highest BCUT2D eigenvalue weighted by Gasteiger charge is 2.55. The monoisotopic (exact) mass is 360 g/mol. The first kappa shape index (κ1) is 18.0. The number of rotatable bonds is 1. The van der Waals surface area contributed by atoms with E-state index in [4.69, 9.17) is 4.42 Å². The van der Waals surface area contributed by atoms with Crippen LogP contribution in [-0.2, 0) is 0 Å². The van der Waals surface area contributed by atoms with Gasteiger partial charge in [-0.05, 0) is 54.6 Å². The summed E-state index contributed by atoms with van der Waals surface area (Å²) in [6, 6.07) is 18.4. The summed E-state index contributed by atoms with van der Waals surface area (Å²) >= 11 is 0. The Hall–Kier alpha value is -2.35. The second-order valence-electron chi connectivity index (χ2n) is 8.89. The van der Waals surface area contributed by atoms with E-state index in [1.54, 1.807) is 6.07 Å². The fourth-order valence-corrected chi connectivity index (χ4v) is 4.96. The van der Waals surface area contributed by atoms with E-state index in [1.807, 2.05) is 48.5 Å². The fourth-order valence-electron chi connectivity index (χ4n) is 4.96. The van der Waals surface area contributed by atoms with E-state index in [0.717, 1.165) is 11.5 Å². The molecule has 1 heterocycles. The molecule has 140 valence electrons. The zero-order chi connectivity index (χ0) is 19.1. The molecule has 0 amide bonds. The van der Waals surface area contributed by atoms with E-state index in [2.05, 4.69) is 20.8 Å². The van der Waals surface area contributed by atoms with Gasteiger partial charge in [0.1, 0.15) is 11.3 Å². The molecule has 2 bridgehead atoms. The number of benzene rings is 2. The smallest absolute Gasteiger partial charge is 0.193 e. The van der Waals surface area contributed by atoms with E-state index in [1.165, 1.54) is 31.7 Å². The molecule has 2 heteroatoms. The molecule has 0 saturated heterocycles. The van der Waals surface area contributed by atoms with Crippen LogP contribution in [0.25, 0.3) is 22.3 Å². The molecule has 0 unspecified atom stereocenters. The average molecular weight is 360 g/mol. The van der Waals surface area contributed by atoms with Crippen LogP contribution < -0.4 is 5.43 Å². The van der Waals surface area contributed by atoms with E-state index in [-0.39, 0.29) is 5.43 Å². The Kier molecular flexibility index (Phi) is 4.46. The Labute approximate surface area is 161 Å². The molecule has 0 atom stereocenters. The molecule has 5 rings (SSSR count). The van der Waals surface area contributed by atoms with Crippen LogP contribution in [0.4, 0.5) is 0 Å². The van der Waals surface area contributed by atoms with Gasteiger partial charge in [0.05, 0.1) is 5.39 Å². The first-order valence-electron chi connectivity index (χ1n) is 9.99. The van der Waals surface area contributed by atoms with Crippen LogP contribution in [0.3, 0.4) is 0 Å². The van der Waals surface area contributed by atoms with Crippen molar-refractivity contribution in [2.75, 3.05) is 0 Å². The first-order chi connectivity index (χ1) is 12.9. The maximum atomic E-state index is 11.9. The Balaban J connectivity index is 0.000000153. The van der Waals surface area contributed by atoms with Crippen LogP contribution >= 0.6 is 0 Å². The maximum Gasteiger partial charge on any atom is 0.193 e. The van der Waals surface area contributed by atoms with Gasteiger partial charge in [-0.1, -0.05) is 63.2 Å². The third kappa shape index (κ3) is 3.12. The van der Waals surface area contributed by atoms with E-state index in [0.29, 0.717) is 27.6 Å². The van der Waals surface area contributed by atoms with Crippen LogP contribution in [0.5, 0.6) is 0 Å². The molecule has 1 aromatic heterocycles. The van der Waals surface area contributed by atoms with Crippen LogP contribution in [0, 0.1) is 16.7 Å². The summed E-state index contributed by atoms with van der Waals surface area (Å²) in [5.74, 6) is 1.66. The van der Waals surface area contributed by atoms with Gasteiger partial charge in [-0.2, -0.15) is 0 Å². The molecule has 2 fully saturated rings. The Morgan fingerprint density at radius 1 is 0.889 bits per heavy atom. The SMILES string of the molecule is CC12CCC(CC1)C2(C)C.O=c1cc(-c2ccccc2)oc2ccccc12. The molecule has 2 aliphatic rings. The van der Waals surface area contributed by atoms with Crippen molar-refractivity contribution >= 4 is 11.0 Å². The molecular formula is C25H28O2. The minimum absolute atomic E-state index is 0.00861. The average Bonchev–Trinajstić information content (AvgIpc) is 3.05. The quantitative estimate of drug-likeness (QED) is 0.484. The third-order valence-corrected chi connectivity index (χ3v) is 7.36. The van der Waals surface area contributed by atoms with Gasteiger partial charge < -0.3 is 4.42 Å². The maximum absolute atomic E-state index is 11.9. The highest BCUT2D eigenvalue weighted by atomic mass is 16.3. The van der Waals surface area contributed by atoms with Gasteiger partial charge in [0.15, 0.2) is 5.43 Å². The molecule has 0 radical (unpaired) electrons. The lowest BCUT2D eigenvalue weighted by atomic mass is 9.71. The Morgan fingerprint density at radius 3 is 2.07 bits per heavy atom. The van der Waals surface area contributed by atoms with Gasteiger partial charge in [-0.15, -0.1) is 0 Å². The molecule has 2 nitrogen and oxygen atoms in total. The first-order valence-corrected chi connectivity index (χ1v) is 9.99. The van der Waals surface area contributed by atoms with Gasteiger partial charge in [-0.3, -0.25) is 4.79 Å². The van der Waals surface area contributed by atoms with Gasteiger partial charge in [0.25, 0.3) is 0 Å². The van der Waals surface area contributed by atoms with E-state index < -0.39 is 0 Å². The minimum atomic E-state index is -0.00861. The molecule has 0 N–H and O–H groups in total. The highest BCUT2D eigenvalue weighted by molar-refractivity contribution is 5.78. The zero-order valence-electron chi connectivity index (χ0n) is 16.5. The lowest BCUT2D eigenvalue weighted by Gasteiger charge is -2.34. The predicted octanol–water partition coefficient (Wildman–Crippen LogP) is 6.68. The van der Waals surface area contributed by atoms with Gasteiger partial charge in [0.2, 0.25) is 0 Å². The number of hydrogen-bond donors (Lipinski definition) is 0. The molecule has 2 aromatic carbocycles. The number of fused-ring (bicyclic) bond motifs is 3. The minimum Gasteiger partial charge on any atom is -0.456 e. The molecular weight excluding hydrogens is 332 g/mol. The number of hydrogen-bond acceptors (Lipinski definition) is 2. The molecule has 2 saturated carbocycles. The van der Waals surface area contributed by atoms with Crippen LogP contribution in [-0.4, -0.2) is 0 Å². The van der Waals surface area contributed by atoms with Gasteiger partial charge in [0, 0.05) is 11.6 Å². The van der Waals surface area contributed by atoms with Crippen molar-refractivity contribution in [3.8, 4) is 11.3 Å². The topological polar surface area (TPSA) is 30.2 Å². The summed E-state index contributed by atoms with van der Waals surface area (Å²) in [6.45, 7) is 7.43. The fraction of sp³-hybridized carbons (Fsp3) is 0.400. The van der Waals surface area contributed by atoms with Crippen molar-refractivity contribution < 1.29 is 4.42 Å².